The van der Waals surface area contributed by atoms with Gasteiger partial charge >= 0.3 is 0 Å². The summed E-state index contributed by atoms with van der Waals surface area (Å²) in [6, 6.07) is 20.1. The summed E-state index contributed by atoms with van der Waals surface area (Å²) in [5.74, 6) is -1.86. The SMILES string of the molecule is CCCCC1(CCCC)C(=O)[SH]c2cc(OCC(=O)N[C@@H](C(=O)NCCS(=O)(=O)O)c3ccccc3)c(SC)cc2N(c2ccccc2)C1=O. The lowest BCUT2D eigenvalue weighted by atomic mass is 9.77. The highest BCUT2D eigenvalue weighted by atomic mass is 32.2. The van der Waals surface area contributed by atoms with E-state index < -0.39 is 45.7 Å². The van der Waals surface area contributed by atoms with Crippen molar-refractivity contribution < 1.29 is 36.9 Å². The van der Waals surface area contributed by atoms with Crippen molar-refractivity contribution in [3.05, 3.63) is 78.4 Å². The Hall–Kier alpha value is -3.85. The number of rotatable bonds is 17. The van der Waals surface area contributed by atoms with Crippen LogP contribution in [-0.2, 0) is 29.3 Å². The minimum atomic E-state index is -4.30. The van der Waals surface area contributed by atoms with Gasteiger partial charge in [-0.05, 0) is 48.9 Å². The topological polar surface area (TPSA) is 159 Å². The fraction of sp³-hybridized carbons (Fsp3) is 0.389. The summed E-state index contributed by atoms with van der Waals surface area (Å²) in [6.07, 6.45) is 5.91. The number of fused-ring (bicyclic) bond motifs is 1. The monoisotopic (exact) mass is 742 g/mol. The number of nitrogens with one attached hydrogen (secondary N) is 2. The van der Waals surface area contributed by atoms with Gasteiger partial charge in [0, 0.05) is 17.1 Å². The van der Waals surface area contributed by atoms with E-state index >= 15 is 0 Å². The van der Waals surface area contributed by atoms with E-state index in [9.17, 15) is 27.6 Å². The van der Waals surface area contributed by atoms with Gasteiger partial charge in [-0.25, -0.2) is 0 Å². The predicted molar refractivity (Wildman–Crippen MR) is 198 cm³/mol. The van der Waals surface area contributed by atoms with Gasteiger partial charge in [-0.1, -0.05) is 88.1 Å². The number of thioether (sulfide) groups is 1. The highest BCUT2D eigenvalue weighted by Crippen LogP contribution is 2.51. The average Bonchev–Trinajstić information content (AvgIpc) is 3.18. The molecule has 4 rings (SSSR count). The van der Waals surface area contributed by atoms with Gasteiger partial charge in [0.1, 0.15) is 17.2 Å². The van der Waals surface area contributed by atoms with Crippen LogP contribution in [0.3, 0.4) is 0 Å². The third-order valence-electron chi connectivity index (χ3n) is 8.39. The molecule has 0 aromatic heterocycles. The second kappa shape index (κ2) is 17.9. The average molecular weight is 743 g/mol. The van der Waals surface area contributed by atoms with Crippen LogP contribution in [0.4, 0.5) is 11.4 Å². The van der Waals surface area contributed by atoms with Crippen molar-refractivity contribution >= 4 is 67.9 Å². The van der Waals surface area contributed by atoms with E-state index in [0.717, 1.165) is 25.7 Å². The number of para-hydroxylation sites is 1. The molecule has 50 heavy (non-hydrogen) atoms. The maximum Gasteiger partial charge on any atom is 0.266 e. The molecular weight excluding hydrogens is 699 g/mol. The highest BCUT2D eigenvalue weighted by molar-refractivity contribution is 8.14. The van der Waals surface area contributed by atoms with E-state index in [-0.39, 0.29) is 17.6 Å². The van der Waals surface area contributed by atoms with E-state index in [0.29, 0.717) is 57.1 Å². The van der Waals surface area contributed by atoms with Crippen molar-refractivity contribution in [2.75, 3.05) is 30.1 Å². The quantitative estimate of drug-likeness (QED) is 0.0560. The summed E-state index contributed by atoms with van der Waals surface area (Å²) < 4.78 is 37.3. The minimum absolute atomic E-state index is 0.157. The Kier molecular flexibility index (Phi) is 13.9. The first-order chi connectivity index (χ1) is 23.9. The van der Waals surface area contributed by atoms with Crippen molar-refractivity contribution in [2.24, 2.45) is 5.41 Å². The molecule has 3 amide bonds. The number of ether oxygens (including phenoxy) is 1. The zero-order chi connectivity index (χ0) is 36.3. The number of anilines is 2. The van der Waals surface area contributed by atoms with Crippen molar-refractivity contribution in [2.45, 2.75) is 68.2 Å². The van der Waals surface area contributed by atoms with Crippen molar-refractivity contribution in [1.29, 1.82) is 0 Å². The van der Waals surface area contributed by atoms with Crippen LogP contribution in [0.2, 0.25) is 0 Å². The fourth-order valence-electron chi connectivity index (χ4n) is 5.75. The van der Waals surface area contributed by atoms with Crippen molar-refractivity contribution in [1.82, 2.24) is 10.6 Å². The lowest BCUT2D eigenvalue weighted by Crippen LogP contribution is -2.45. The maximum absolute atomic E-state index is 14.7. The third kappa shape index (κ3) is 9.68. The summed E-state index contributed by atoms with van der Waals surface area (Å²) in [6.45, 7) is 3.27. The van der Waals surface area contributed by atoms with Gasteiger partial charge in [0.05, 0.1) is 16.3 Å². The molecule has 3 N–H and O–H groups in total. The number of carbonyl (C=O) groups is 4. The first kappa shape index (κ1) is 38.9. The Morgan fingerprint density at radius 3 is 2.18 bits per heavy atom. The summed E-state index contributed by atoms with van der Waals surface area (Å²) in [5.41, 5.74) is 0.510. The number of unbranched alkanes of at least 4 members (excludes halogenated alkanes) is 2. The van der Waals surface area contributed by atoms with E-state index in [1.54, 1.807) is 41.3 Å². The Morgan fingerprint density at radius 1 is 0.980 bits per heavy atom. The van der Waals surface area contributed by atoms with E-state index in [4.69, 9.17) is 9.29 Å². The molecule has 0 saturated carbocycles. The lowest BCUT2D eigenvalue weighted by Gasteiger charge is -2.34. The molecule has 1 heterocycles. The second-order valence-electron chi connectivity index (χ2n) is 12.0. The summed E-state index contributed by atoms with van der Waals surface area (Å²) in [7, 11) is -4.30. The maximum atomic E-state index is 14.7. The first-order valence-electron chi connectivity index (χ1n) is 16.5. The largest absolute Gasteiger partial charge is 0.483 e. The highest BCUT2D eigenvalue weighted by Gasteiger charge is 2.50. The third-order valence-corrected chi connectivity index (χ3v) is 11.1. The summed E-state index contributed by atoms with van der Waals surface area (Å²) in [5, 5.41) is 4.92. The van der Waals surface area contributed by atoms with E-state index in [1.165, 1.54) is 11.8 Å². The zero-order valence-corrected chi connectivity index (χ0v) is 30.9. The molecule has 0 saturated heterocycles. The smallest absolute Gasteiger partial charge is 0.266 e. The van der Waals surface area contributed by atoms with Gasteiger partial charge in [-0.2, -0.15) is 8.42 Å². The molecule has 0 spiro atoms. The van der Waals surface area contributed by atoms with Crippen molar-refractivity contribution in [3.63, 3.8) is 0 Å². The normalized spacial score (nSPS) is 14.8. The minimum Gasteiger partial charge on any atom is -0.483 e. The van der Waals surface area contributed by atoms with E-state index in [2.05, 4.69) is 10.6 Å². The number of thiol groups is 1. The molecule has 3 aromatic rings. The lowest BCUT2D eigenvalue weighted by molar-refractivity contribution is -0.136. The molecule has 0 unspecified atom stereocenters. The molecular formula is C36H44N3O8S3. The number of hydrogen-bond acceptors (Lipinski definition) is 8. The number of hydrogen-bond donors (Lipinski definition) is 4. The Bertz CT molecular complexity index is 1760. The molecule has 3 aromatic carbocycles. The molecule has 1 aliphatic heterocycles. The number of amides is 3. The van der Waals surface area contributed by atoms with Crippen LogP contribution < -0.4 is 20.3 Å². The van der Waals surface area contributed by atoms with Crippen LogP contribution in [-0.4, -0.2) is 61.0 Å². The van der Waals surface area contributed by atoms with Gasteiger partial charge in [0.2, 0.25) is 11.8 Å². The van der Waals surface area contributed by atoms with Crippen LogP contribution in [0.25, 0.3) is 0 Å². The molecule has 11 nitrogen and oxygen atoms in total. The van der Waals surface area contributed by atoms with Gasteiger partial charge in [0.15, 0.2) is 11.7 Å². The van der Waals surface area contributed by atoms with Gasteiger partial charge in [-0.15, -0.1) is 23.5 Å². The molecule has 14 heteroatoms. The fourth-order valence-corrected chi connectivity index (χ4v) is 7.87. The second-order valence-corrected chi connectivity index (χ2v) is 15.5. The molecule has 0 bridgehead atoms. The standard InChI is InChI=1S/C36H44N3O8S3/c1-4-6-18-36(19-7-5-2)34(42)39(26-16-12-9-13-17-26)27-22-30(48-3)28(23-29(27)49-35(36)43)47-24-31(40)38-32(25-14-10-8-11-15-25)33(41)37-20-21-50(44,45)46/h8-17,22-23,32,49H,4-7,18-21,24H2,1-3H3,(H,37,41)(H,38,40)(H,44,45,46)/t32-/m1/s1. The van der Waals surface area contributed by atoms with Gasteiger partial charge in [0.25, 0.3) is 16.0 Å². The molecule has 0 aliphatic carbocycles. The number of benzene rings is 3. The van der Waals surface area contributed by atoms with Crippen LogP contribution >= 0.6 is 23.5 Å². The molecule has 269 valence electrons. The Labute approximate surface area is 302 Å². The first-order valence-corrected chi connectivity index (χ1v) is 20.2. The van der Waals surface area contributed by atoms with Gasteiger partial charge < -0.3 is 15.4 Å². The van der Waals surface area contributed by atoms with Crippen molar-refractivity contribution in [3.8, 4) is 5.75 Å². The van der Waals surface area contributed by atoms with Crippen LogP contribution in [0.15, 0.2) is 82.6 Å². The molecule has 1 atom stereocenters. The molecule has 0 fully saturated rings. The summed E-state index contributed by atoms with van der Waals surface area (Å²) >= 11 is 1.72. The zero-order valence-electron chi connectivity index (χ0n) is 28.4. The number of nitrogens with zero attached hydrogens (tertiary/aromatic N) is 1. The van der Waals surface area contributed by atoms with Crippen LogP contribution in [0, 0.1) is 5.41 Å². The Balaban J connectivity index is 1.64. The van der Waals surface area contributed by atoms with Crippen LogP contribution in [0.5, 0.6) is 5.75 Å². The molecule has 1 radical (unpaired) electrons. The van der Waals surface area contributed by atoms with Crippen LogP contribution in [0.1, 0.15) is 64.0 Å². The number of carbonyl (C=O) groups excluding carboxylic acids is 4. The van der Waals surface area contributed by atoms with Gasteiger partial charge in [-0.3, -0.25) is 28.6 Å². The summed E-state index contributed by atoms with van der Waals surface area (Å²) in [4.78, 5) is 58.0. The van der Waals surface area contributed by atoms with E-state index in [1.807, 2.05) is 56.5 Å². The predicted octanol–water partition coefficient (Wildman–Crippen LogP) is 6.04. The Morgan fingerprint density at radius 2 is 1.60 bits per heavy atom. The molecule has 1 aliphatic rings.